The molecule has 1 aromatic rings. The van der Waals surface area contributed by atoms with Gasteiger partial charge in [-0.1, -0.05) is 11.6 Å². The second-order valence-corrected chi connectivity index (χ2v) is 6.95. The first-order valence-corrected chi connectivity index (χ1v) is 8.25. The molecule has 0 unspecified atom stereocenters. The molecule has 21 heavy (non-hydrogen) atoms. The molecule has 1 aromatic carbocycles. The van der Waals surface area contributed by atoms with E-state index in [4.69, 9.17) is 16.3 Å². The minimum Gasteiger partial charge on any atom is -0.377 e. The molecule has 2 rings (SSSR count). The molecule has 0 aliphatic carbocycles. The van der Waals surface area contributed by atoms with Crippen molar-refractivity contribution in [2.75, 3.05) is 6.61 Å². The van der Waals surface area contributed by atoms with Crippen molar-refractivity contribution in [1.29, 1.82) is 0 Å². The number of rotatable bonds is 5. The average Bonchev–Trinajstić information content (AvgIpc) is 2.91. The van der Waals surface area contributed by atoms with Gasteiger partial charge < -0.3 is 4.74 Å². The number of nitro benzene ring substituents is 1. The van der Waals surface area contributed by atoms with E-state index in [9.17, 15) is 18.5 Å². The van der Waals surface area contributed by atoms with Crippen LogP contribution in [0.15, 0.2) is 23.1 Å². The van der Waals surface area contributed by atoms with Crippen molar-refractivity contribution in [2.24, 2.45) is 0 Å². The molecule has 1 fully saturated rings. The van der Waals surface area contributed by atoms with E-state index in [1.807, 2.05) is 0 Å². The van der Waals surface area contributed by atoms with Crippen LogP contribution in [0.25, 0.3) is 0 Å². The first kappa shape index (κ1) is 16.2. The summed E-state index contributed by atoms with van der Waals surface area (Å²) in [5.41, 5.74) is -0.547. The maximum Gasteiger partial charge on any atom is 0.290 e. The van der Waals surface area contributed by atoms with Crippen molar-refractivity contribution in [3.8, 4) is 0 Å². The third-order valence-corrected chi connectivity index (χ3v) is 5.11. The predicted octanol–water partition coefficient (Wildman–Crippen LogP) is 2.09. The number of halogens is 1. The summed E-state index contributed by atoms with van der Waals surface area (Å²) in [5.74, 6) is 0. The van der Waals surface area contributed by atoms with Crippen LogP contribution in [0.2, 0.25) is 5.02 Å². The smallest absolute Gasteiger partial charge is 0.290 e. The lowest BCUT2D eigenvalue weighted by Crippen LogP contribution is -2.40. The molecule has 7 nitrogen and oxygen atoms in total. The minimum absolute atomic E-state index is 0.104. The van der Waals surface area contributed by atoms with Crippen molar-refractivity contribution in [3.63, 3.8) is 0 Å². The number of benzene rings is 1. The Morgan fingerprint density at radius 1 is 1.52 bits per heavy atom. The maximum atomic E-state index is 12.3. The second-order valence-electron chi connectivity index (χ2n) is 4.83. The summed E-state index contributed by atoms with van der Waals surface area (Å²) in [5, 5.41) is 11.1. The van der Waals surface area contributed by atoms with E-state index in [-0.39, 0.29) is 11.1 Å². The summed E-state index contributed by atoms with van der Waals surface area (Å²) in [7, 11) is -4.02. The van der Waals surface area contributed by atoms with Crippen LogP contribution in [0.5, 0.6) is 0 Å². The van der Waals surface area contributed by atoms with Crippen LogP contribution in [0.1, 0.15) is 19.8 Å². The number of nitro groups is 1. The SMILES string of the molecule is C[C@@H](NS(=O)(=O)c1ccc(Cl)cc1[N+](=O)[O-])[C@@H]1CCCO1. The highest BCUT2D eigenvalue weighted by Gasteiger charge is 2.31. The summed E-state index contributed by atoms with van der Waals surface area (Å²) >= 11 is 5.68. The van der Waals surface area contributed by atoms with Crippen molar-refractivity contribution in [1.82, 2.24) is 4.72 Å². The Balaban J connectivity index is 2.29. The first-order chi connectivity index (χ1) is 9.81. The van der Waals surface area contributed by atoms with Gasteiger partial charge >= 0.3 is 0 Å². The van der Waals surface area contributed by atoms with Gasteiger partial charge in [0.15, 0.2) is 4.90 Å². The summed E-state index contributed by atoms with van der Waals surface area (Å²) in [6, 6.07) is 2.99. The van der Waals surface area contributed by atoms with Crippen molar-refractivity contribution < 1.29 is 18.1 Å². The van der Waals surface area contributed by atoms with Gasteiger partial charge in [-0.3, -0.25) is 10.1 Å². The highest BCUT2D eigenvalue weighted by Crippen LogP contribution is 2.27. The molecule has 116 valence electrons. The standard InChI is InChI=1S/C12H15ClN2O5S/c1-8(11-3-2-6-20-11)14-21(18,19)12-5-4-9(13)7-10(12)15(16)17/h4-5,7-8,11,14H,2-3,6H2,1H3/t8-,11+/m1/s1. The molecular weight excluding hydrogens is 320 g/mol. The zero-order chi connectivity index (χ0) is 15.6. The molecule has 0 spiro atoms. The Bertz CT molecular complexity index is 643. The van der Waals surface area contributed by atoms with E-state index in [1.54, 1.807) is 6.92 Å². The fraction of sp³-hybridized carbons (Fsp3) is 0.500. The Kier molecular flexibility index (Phi) is 4.82. The van der Waals surface area contributed by atoms with Crippen molar-refractivity contribution in [3.05, 3.63) is 33.3 Å². The van der Waals surface area contributed by atoms with E-state index in [2.05, 4.69) is 4.72 Å². The van der Waals surface area contributed by atoms with Gasteiger partial charge in [-0.2, -0.15) is 0 Å². The zero-order valence-electron chi connectivity index (χ0n) is 11.3. The molecule has 1 saturated heterocycles. The number of nitrogens with zero attached hydrogens (tertiary/aromatic N) is 1. The van der Waals surface area contributed by atoms with E-state index in [0.29, 0.717) is 6.61 Å². The van der Waals surface area contributed by atoms with Crippen LogP contribution in [-0.2, 0) is 14.8 Å². The van der Waals surface area contributed by atoms with Gasteiger partial charge in [0.1, 0.15) is 0 Å². The monoisotopic (exact) mass is 334 g/mol. The van der Waals surface area contributed by atoms with E-state index in [1.165, 1.54) is 6.07 Å². The summed E-state index contributed by atoms with van der Waals surface area (Å²) < 4.78 is 32.5. The molecule has 1 heterocycles. The molecule has 1 aliphatic rings. The molecule has 0 aromatic heterocycles. The van der Waals surface area contributed by atoms with E-state index in [0.717, 1.165) is 25.0 Å². The maximum absolute atomic E-state index is 12.3. The summed E-state index contributed by atoms with van der Waals surface area (Å²) in [6.07, 6.45) is 1.41. The molecule has 9 heteroatoms. The molecular formula is C12H15ClN2O5S. The van der Waals surface area contributed by atoms with Gasteiger partial charge in [0.25, 0.3) is 5.69 Å². The van der Waals surface area contributed by atoms with Crippen molar-refractivity contribution in [2.45, 2.75) is 36.8 Å². The first-order valence-electron chi connectivity index (χ1n) is 6.39. The highest BCUT2D eigenvalue weighted by atomic mass is 35.5. The number of sulfonamides is 1. The molecule has 1 N–H and O–H groups in total. The summed E-state index contributed by atoms with van der Waals surface area (Å²) in [6.45, 7) is 2.27. The molecule has 2 atom stereocenters. The number of hydrogen-bond donors (Lipinski definition) is 1. The number of nitrogens with one attached hydrogen (secondary N) is 1. The average molecular weight is 335 g/mol. The fourth-order valence-corrected chi connectivity index (χ4v) is 3.83. The minimum atomic E-state index is -4.02. The third kappa shape index (κ3) is 3.70. The van der Waals surface area contributed by atoms with Gasteiger partial charge in [0.2, 0.25) is 10.0 Å². The Labute approximate surface area is 127 Å². The second kappa shape index (κ2) is 6.27. The van der Waals surface area contributed by atoms with Crippen LogP contribution < -0.4 is 4.72 Å². The van der Waals surface area contributed by atoms with Crippen LogP contribution in [-0.4, -0.2) is 32.1 Å². The normalized spacial score (nSPS) is 20.4. The lowest BCUT2D eigenvalue weighted by atomic mass is 10.1. The van der Waals surface area contributed by atoms with Crippen LogP contribution in [0.4, 0.5) is 5.69 Å². The zero-order valence-corrected chi connectivity index (χ0v) is 12.9. The van der Waals surface area contributed by atoms with E-state index < -0.39 is 31.6 Å². The highest BCUT2D eigenvalue weighted by molar-refractivity contribution is 7.89. The largest absolute Gasteiger partial charge is 0.377 e. The van der Waals surface area contributed by atoms with Gasteiger partial charge in [-0.05, 0) is 31.9 Å². The molecule has 0 radical (unpaired) electrons. The van der Waals surface area contributed by atoms with E-state index >= 15 is 0 Å². The van der Waals surface area contributed by atoms with Crippen LogP contribution in [0.3, 0.4) is 0 Å². The van der Waals surface area contributed by atoms with Gasteiger partial charge in [-0.15, -0.1) is 0 Å². The topological polar surface area (TPSA) is 98.5 Å². The Morgan fingerprint density at radius 2 is 2.24 bits per heavy atom. The molecule has 0 amide bonds. The molecule has 0 bridgehead atoms. The molecule has 0 saturated carbocycles. The van der Waals surface area contributed by atoms with Gasteiger partial charge in [0.05, 0.1) is 11.0 Å². The van der Waals surface area contributed by atoms with Gasteiger partial charge in [0, 0.05) is 23.7 Å². The lowest BCUT2D eigenvalue weighted by molar-refractivity contribution is -0.387. The Hall–Kier alpha value is -1.22. The molecule has 1 aliphatic heterocycles. The van der Waals surface area contributed by atoms with Crippen LogP contribution >= 0.6 is 11.6 Å². The quantitative estimate of drug-likeness (QED) is 0.656. The van der Waals surface area contributed by atoms with Crippen molar-refractivity contribution >= 4 is 27.3 Å². The number of hydrogen-bond acceptors (Lipinski definition) is 5. The fourth-order valence-electron chi connectivity index (χ4n) is 2.24. The predicted molar refractivity (Wildman–Crippen MR) is 76.9 cm³/mol. The van der Waals surface area contributed by atoms with Crippen LogP contribution in [0, 0.1) is 10.1 Å². The van der Waals surface area contributed by atoms with Gasteiger partial charge in [-0.25, -0.2) is 13.1 Å². The lowest BCUT2D eigenvalue weighted by Gasteiger charge is -2.19. The Morgan fingerprint density at radius 3 is 2.81 bits per heavy atom. The summed E-state index contributed by atoms with van der Waals surface area (Å²) in [4.78, 5) is 9.82. The number of ether oxygens (including phenoxy) is 1. The third-order valence-electron chi connectivity index (χ3n) is 3.27.